The van der Waals surface area contributed by atoms with Gasteiger partial charge in [0.25, 0.3) is 0 Å². The van der Waals surface area contributed by atoms with Gasteiger partial charge in [-0.25, -0.2) is 9.98 Å². The molecule has 6 nitrogen and oxygen atoms in total. The third-order valence-electron chi connectivity index (χ3n) is 3.54. The molecule has 3 aromatic rings. The number of methoxy groups -OCH3 is 1. The predicted octanol–water partition coefficient (Wildman–Crippen LogP) is 3.81. The van der Waals surface area contributed by atoms with E-state index in [0.29, 0.717) is 24.1 Å². The number of aromatic nitrogens is 1. The van der Waals surface area contributed by atoms with Crippen LogP contribution in [0.15, 0.2) is 77.9 Å². The molecule has 0 spiro atoms. The average Bonchev–Trinajstić information content (AvgIpc) is 2.68. The number of pyridine rings is 1. The average molecular weight is 348 g/mol. The molecule has 0 atom stereocenters. The van der Waals surface area contributed by atoms with Gasteiger partial charge in [0.1, 0.15) is 11.5 Å². The Hall–Kier alpha value is -3.54. The van der Waals surface area contributed by atoms with E-state index in [9.17, 15) is 0 Å². The quantitative estimate of drug-likeness (QED) is 0.523. The smallest absolute Gasteiger partial charge is 0.219 e. The zero-order valence-electron chi connectivity index (χ0n) is 14.4. The van der Waals surface area contributed by atoms with Crippen LogP contribution in [0.2, 0.25) is 0 Å². The molecule has 2 aromatic carbocycles. The summed E-state index contributed by atoms with van der Waals surface area (Å²) < 4.78 is 10.9. The number of nitrogens with two attached hydrogens (primary N) is 1. The first-order valence-corrected chi connectivity index (χ1v) is 8.12. The number of benzene rings is 2. The van der Waals surface area contributed by atoms with E-state index in [2.05, 4.69) is 15.3 Å². The standard InChI is InChI=1S/C20H20N4O2/c1-25-17-8-5-9-18(12-17)26-19-11-10-15(13-22-19)14-23-20(21)24-16-6-3-2-4-7-16/h2-13H,14H2,1H3,(H3,21,23,24). The van der Waals surface area contributed by atoms with Crippen LogP contribution in [0, 0.1) is 0 Å². The molecule has 6 heteroatoms. The second-order valence-corrected chi connectivity index (χ2v) is 5.48. The fourth-order valence-corrected chi connectivity index (χ4v) is 2.24. The molecule has 0 saturated heterocycles. The summed E-state index contributed by atoms with van der Waals surface area (Å²) in [4.78, 5) is 8.61. The van der Waals surface area contributed by atoms with Crippen LogP contribution in [0.4, 0.5) is 5.69 Å². The van der Waals surface area contributed by atoms with E-state index in [0.717, 1.165) is 17.0 Å². The van der Waals surface area contributed by atoms with Crippen LogP contribution < -0.4 is 20.5 Å². The van der Waals surface area contributed by atoms with Crippen LogP contribution in [0.5, 0.6) is 17.4 Å². The van der Waals surface area contributed by atoms with Gasteiger partial charge in [-0.3, -0.25) is 0 Å². The predicted molar refractivity (Wildman–Crippen MR) is 103 cm³/mol. The number of nitrogens with zero attached hydrogens (tertiary/aromatic N) is 2. The number of anilines is 1. The second kappa shape index (κ2) is 8.53. The Bertz CT molecular complexity index is 864. The summed E-state index contributed by atoms with van der Waals surface area (Å²) in [6.07, 6.45) is 1.72. The third-order valence-corrected chi connectivity index (χ3v) is 3.54. The van der Waals surface area contributed by atoms with Crippen LogP contribution in [-0.2, 0) is 6.54 Å². The first kappa shape index (κ1) is 17.3. The maximum Gasteiger partial charge on any atom is 0.219 e. The molecule has 0 amide bonds. The number of hydrogen-bond acceptors (Lipinski definition) is 4. The van der Waals surface area contributed by atoms with Gasteiger partial charge in [0, 0.05) is 24.0 Å². The minimum atomic E-state index is 0.355. The molecule has 0 saturated carbocycles. The van der Waals surface area contributed by atoms with Gasteiger partial charge in [0.15, 0.2) is 5.96 Å². The lowest BCUT2D eigenvalue weighted by atomic mass is 10.3. The molecule has 0 bridgehead atoms. The van der Waals surface area contributed by atoms with Crippen LogP contribution in [0.1, 0.15) is 5.56 Å². The molecular formula is C20H20N4O2. The van der Waals surface area contributed by atoms with Crippen molar-refractivity contribution in [3.05, 3.63) is 78.5 Å². The van der Waals surface area contributed by atoms with Crippen LogP contribution in [0.25, 0.3) is 0 Å². The van der Waals surface area contributed by atoms with Gasteiger partial charge in [-0.1, -0.05) is 30.3 Å². The number of para-hydroxylation sites is 1. The fraction of sp³-hybridized carbons (Fsp3) is 0.100. The van der Waals surface area contributed by atoms with Gasteiger partial charge < -0.3 is 20.5 Å². The van der Waals surface area contributed by atoms with E-state index >= 15 is 0 Å². The maximum atomic E-state index is 5.89. The van der Waals surface area contributed by atoms with Crippen molar-refractivity contribution in [2.24, 2.45) is 10.7 Å². The van der Waals surface area contributed by atoms with Crippen molar-refractivity contribution in [3.8, 4) is 17.4 Å². The largest absolute Gasteiger partial charge is 0.497 e. The zero-order valence-corrected chi connectivity index (χ0v) is 14.4. The lowest BCUT2D eigenvalue weighted by molar-refractivity contribution is 0.407. The topological polar surface area (TPSA) is 81.8 Å². The van der Waals surface area contributed by atoms with Gasteiger partial charge in [0.05, 0.1) is 13.7 Å². The summed E-state index contributed by atoms with van der Waals surface area (Å²) >= 11 is 0. The van der Waals surface area contributed by atoms with Crippen molar-refractivity contribution in [1.82, 2.24) is 4.98 Å². The van der Waals surface area contributed by atoms with Crippen LogP contribution in [-0.4, -0.2) is 18.1 Å². The monoisotopic (exact) mass is 348 g/mol. The summed E-state index contributed by atoms with van der Waals surface area (Å²) in [6.45, 7) is 0.429. The zero-order chi connectivity index (χ0) is 18.2. The summed E-state index contributed by atoms with van der Waals surface area (Å²) in [7, 11) is 1.62. The second-order valence-electron chi connectivity index (χ2n) is 5.48. The molecule has 0 aliphatic carbocycles. The van der Waals surface area contributed by atoms with Gasteiger partial charge in [-0.2, -0.15) is 0 Å². The molecular weight excluding hydrogens is 328 g/mol. The Balaban J connectivity index is 1.58. The summed E-state index contributed by atoms with van der Waals surface area (Å²) in [6, 6.07) is 20.7. The van der Waals surface area contributed by atoms with Crippen molar-refractivity contribution in [3.63, 3.8) is 0 Å². The number of ether oxygens (including phenoxy) is 2. The minimum absolute atomic E-state index is 0.355. The van der Waals surface area contributed by atoms with Crippen molar-refractivity contribution >= 4 is 11.6 Å². The minimum Gasteiger partial charge on any atom is -0.497 e. The Kier molecular flexibility index (Phi) is 5.67. The number of aliphatic imine (C=N–C) groups is 1. The Morgan fingerprint density at radius 1 is 1.04 bits per heavy atom. The number of nitrogens with one attached hydrogen (secondary N) is 1. The van der Waals surface area contributed by atoms with Crippen LogP contribution >= 0.6 is 0 Å². The molecule has 0 radical (unpaired) electrons. The lowest BCUT2D eigenvalue weighted by Crippen LogP contribution is -2.22. The Morgan fingerprint density at radius 3 is 2.58 bits per heavy atom. The van der Waals surface area contributed by atoms with Gasteiger partial charge >= 0.3 is 0 Å². The van der Waals surface area contributed by atoms with E-state index in [1.54, 1.807) is 25.4 Å². The van der Waals surface area contributed by atoms with E-state index in [1.165, 1.54) is 0 Å². The molecule has 0 fully saturated rings. The van der Waals surface area contributed by atoms with Gasteiger partial charge in [-0.15, -0.1) is 0 Å². The molecule has 3 N–H and O–H groups in total. The highest BCUT2D eigenvalue weighted by Gasteiger charge is 2.01. The van der Waals surface area contributed by atoms with E-state index in [-0.39, 0.29) is 0 Å². The van der Waals surface area contributed by atoms with Crippen molar-refractivity contribution < 1.29 is 9.47 Å². The summed E-state index contributed by atoms with van der Waals surface area (Å²) in [5, 5.41) is 3.04. The van der Waals surface area contributed by atoms with Crippen molar-refractivity contribution in [2.75, 3.05) is 12.4 Å². The summed E-state index contributed by atoms with van der Waals surface area (Å²) in [5.74, 6) is 2.25. The van der Waals surface area contributed by atoms with Gasteiger partial charge in [0.2, 0.25) is 5.88 Å². The maximum absolute atomic E-state index is 5.89. The highest BCUT2D eigenvalue weighted by Crippen LogP contribution is 2.23. The van der Waals surface area contributed by atoms with E-state index < -0.39 is 0 Å². The number of rotatable bonds is 6. The highest BCUT2D eigenvalue weighted by atomic mass is 16.5. The molecule has 0 aliphatic rings. The van der Waals surface area contributed by atoms with Gasteiger partial charge in [-0.05, 0) is 29.8 Å². The van der Waals surface area contributed by atoms with Crippen molar-refractivity contribution in [2.45, 2.75) is 6.54 Å². The summed E-state index contributed by atoms with van der Waals surface area (Å²) in [5.41, 5.74) is 7.72. The molecule has 1 aromatic heterocycles. The molecule has 3 rings (SSSR count). The van der Waals surface area contributed by atoms with Crippen molar-refractivity contribution in [1.29, 1.82) is 0 Å². The third kappa shape index (κ3) is 4.98. The molecule has 1 heterocycles. The Labute approximate surface area is 152 Å². The fourth-order valence-electron chi connectivity index (χ4n) is 2.24. The van der Waals surface area contributed by atoms with E-state index in [1.807, 2.05) is 54.6 Å². The molecule has 132 valence electrons. The molecule has 0 aliphatic heterocycles. The van der Waals surface area contributed by atoms with E-state index in [4.69, 9.17) is 15.2 Å². The molecule has 26 heavy (non-hydrogen) atoms. The molecule has 0 unspecified atom stereocenters. The first-order valence-electron chi connectivity index (χ1n) is 8.12. The Morgan fingerprint density at radius 2 is 1.85 bits per heavy atom. The normalized spacial score (nSPS) is 11.0. The lowest BCUT2D eigenvalue weighted by Gasteiger charge is -2.07. The number of hydrogen-bond donors (Lipinski definition) is 2. The highest BCUT2D eigenvalue weighted by molar-refractivity contribution is 5.92. The number of guanidine groups is 1. The SMILES string of the molecule is COc1cccc(Oc2ccc(CN=C(N)Nc3ccccc3)cn2)c1. The van der Waals surface area contributed by atoms with Crippen LogP contribution in [0.3, 0.4) is 0 Å². The first-order chi connectivity index (χ1) is 12.7.